The van der Waals surface area contributed by atoms with Gasteiger partial charge in [0.2, 0.25) is 5.88 Å². The summed E-state index contributed by atoms with van der Waals surface area (Å²) in [6.45, 7) is 5.56. The monoisotopic (exact) mass is 145 g/mol. The van der Waals surface area contributed by atoms with Crippen LogP contribution in [0.25, 0.3) is 0 Å². The molecule has 0 aliphatic heterocycles. The second-order valence-electron chi connectivity index (χ2n) is 1.37. The van der Waals surface area contributed by atoms with Gasteiger partial charge in [-0.05, 0) is 6.92 Å². The summed E-state index contributed by atoms with van der Waals surface area (Å²) in [5.74, 6) is -0.370. The fraction of sp³-hybridized carbons (Fsp3) is 0.500. The number of hydrogen-bond acceptors (Lipinski definition) is 4. The molecule has 1 heterocycles. The summed E-state index contributed by atoms with van der Waals surface area (Å²) in [6, 6.07) is 0. The van der Waals surface area contributed by atoms with Crippen molar-refractivity contribution in [1.29, 1.82) is 0 Å². The van der Waals surface area contributed by atoms with Gasteiger partial charge >= 0.3 is 5.82 Å². The second-order valence-corrected chi connectivity index (χ2v) is 1.37. The van der Waals surface area contributed by atoms with Crippen LogP contribution in [0.2, 0.25) is 0 Å². The van der Waals surface area contributed by atoms with Crippen molar-refractivity contribution in [3.8, 4) is 0 Å². The SMILES string of the molecule is CC.Cc1oc(=O)oc1N. The van der Waals surface area contributed by atoms with E-state index in [0.717, 1.165) is 0 Å². The van der Waals surface area contributed by atoms with Gasteiger partial charge in [0.25, 0.3) is 0 Å². The number of aryl methyl sites for hydroxylation is 1. The molecule has 1 aromatic heterocycles. The molecule has 58 valence electrons. The fourth-order valence-electron chi connectivity index (χ4n) is 0.358. The van der Waals surface area contributed by atoms with Crippen molar-refractivity contribution in [1.82, 2.24) is 0 Å². The average molecular weight is 145 g/mol. The molecule has 2 N–H and O–H groups in total. The lowest BCUT2D eigenvalue weighted by molar-refractivity contribution is 0.382. The molecule has 0 atom stereocenters. The zero-order valence-corrected chi connectivity index (χ0v) is 6.30. The van der Waals surface area contributed by atoms with E-state index in [1.165, 1.54) is 0 Å². The van der Waals surface area contributed by atoms with Crippen LogP contribution in [0.1, 0.15) is 19.6 Å². The minimum atomic E-state index is -0.750. The molecule has 0 spiro atoms. The van der Waals surface area contributed by atoms with Gasteiger partial charge in [0, 0.05) is 0 Å². The minimum Gasteiger partial charge on any atom is -0.394 e. The highest BCUT2D eigenvalue weighted by Gasteiger charge is 2.00. The molecule has 0 amide bonds. The largest absolute Gasteiger partial charge is 0.520 e. The predicted molar refractivity (Wildman–Crippen MR) is 37.7 cm³/mol. The van der Waals surface area contributed by atoms with Crippen molar-refractivity contribution in [2.45, 2.75) is 20.8 Å². The Morgan fingerprint density at radius 3 is 1.90 bits per heavy atom. The summed E-state index contributed by atoms with van der Waals surface area (Å²) in [4.78, 5) is 10.1. The lowest BCUT2D eigenvalue weighted by Crippen LogP contribution is -1.86. The van der Waals surface area contributed by atoms with Crippen LogP contribution in [-0.4, -0.2) is 0 Å². The Morgan fingerprint density at radius 1 is 1.30 bits per heavy atom. The van der Waals surface area contributed by atoms with Gasteiger partial charge in [0.15, 0.2) is 5.76 Å². The van der Waals surface area contributed by atoms with Gasteiger partial charge in [-0.3, -0.25) is 0 Å². The number of hydrogen-bond donors (Lipinski definition) is 1. The molecule has 0 saturated heterocycles. The zero-order valence-electron chi connectivity index (χ0n) is 6.30. The summed E-state index contributed by atoms with van der Waals surface area (Å²) < 4.78 is 8.64. The van der Waals surface area contributed by atoms with Crippen molar-refractivity contribution in [2.75, 3.05) is 5.73 Å². The van der Waals surface area contributed by atoms with Crippen LogP contribution in [0, 0.1) is 6.92 Å². The summed E-state index contributed by atoms with van der Waals surface area (Å²) in [7, 11) is 0. The third-order valence-corrected chi connectivity index (χ3v) is 0.777. The first-order valence-corrected chi connectivity index (χ1v) is 3.06. The van der Waals surface area contributed by atoms with Crippen LogP contribution in [-0.2, 0) is 0 Å². The molecule has 0 fully saturated rings. The maximum absolute atomic E-state index is 10.1. The molecule has 0 saturated carbocycles. The van der Waals surface area contributed by atoms with Crippen LogP contribution >= 0.6 is 0 Å². The Hall–Kier alpha value is -1.19. The molecule has 0 aliphatic rings. The van der Waals surface area contributed by atoms with Crippen LogP contribution in [0.15, 0.2) is 13.6 Å². The van der Waals surface area contributed by atoms with E-state index in [-0.39, 0.29) is 5.88 Å². The molecule has 0 radical (unpaired) electrons. The van der Waals surface area contributed by atoms with Gasteiger partial charge < -0.3 is 14.6 Å². The van der Waals surface area contributed by atoms with Crippen molar-refractivity contribution < 1.29 is 8.83 Å². The Morgan fingerprint density at radius 2 is 1.80 bits per heavy atom. The van der Waals surface area contributed by atoms with E-state index in [2.05, 4.69) is 8.83 Å². The third kappa shape index (κ3) is 1.97. The molecule has 4 heteroatoms. The first-order valence-electron chi connectivity index (χ1n) is 3.06. The minimum absolute atomic E-state index is 0.0509. The molecular formula is C6H11NO3. The standard InChI is InChI=1S/C4H5NO3.C2H6/c1-2-3(5)8-4(6)7-2;1-2/h5H2,1H3;1-2H3. The van der Waals surface area contributed by atoms with Gasteiger partial charge in [-0.2, -0.15) is 0 Å². The molecule has 0 aromatic carbocycles. The Balaban J connectivity index is 0.000000371. The topological polar surface area (TPSA) is 69.4 Å². The van der Waals surface area contributed by atoms with Gasteiger partial charge in [-0.1, -0.05) is 13.8 Å². The van der Waals surface area contributed by atoms with E-state index in [0.29, 0.717) is 5.76 Å². The number of nitrogen functional groups attached to an aromatic ring is 1. The normalized spacial score (nSPS) is 8.30. The van der Waals surface area contributed by atoms with E-state index < -0.39 is 5.82 Å². The molecule has 4 nitrogen and oxygen atoms in total. The highest BCUT2D eigenvalue weighted by Crippen LogP contribution is 2.03. The Labute approximate surface area is 58.6 Å². The summed E-state index contributed by atoms with van der Waals surface area (Å²) in [6.07, 6.45) is 0. The summed E-state index contributed by atoms with van der Waals surface area (Å²) in [5, 5.41) is 0. The molecular weight excluding hydrogens is 134 g/mol. The first kappa shape index (κ1) is 8.81. The van der Waals surface area contributed by atoms with Crippen LogP contribution in [0.5, 0.6) is 0 Å². The quantitative estimate of drug-likeness (QED) is 0.594. The van der Waals surface area contributed by atoms with Crippen molar-refractivity contribution in [3.05, 3.63) is 16.4 Å². The van der Waals surface area contributed by atoms with Crippen molar-refractivity contribution in [3.63, 3.8) is 0 Å². The summed E-state index contributed by atoms with van der Waals surface area (Å²) >= 11 is 0. The van der Waals surface area contributed by atoms with Gasteiger partial charge in [-0.15, -0.1) is 0 Å². The van der Waals surface area contributed by atoms with E-state index in [1.807, 2.05) is 13.8 Å². The fourth-order valence-corrected chi connectivity index (χ4v) is 0.358. The van der Waals surface area contributed by atoms with E-state index in [4.69, 9.17) is 5.73 Å². The Kier molecular flexibility index (Phi) is 3.32. The molecule has 0 aliphatic carbocycles. The maximum atomic E-state index is 10.1. The van der Waals surface area contributed by atoms with Crippen LogP contribution < -0.4 is 11.6 Å². The van der Waals surface area contributed by atoms with E-state index >= 15 is 0 Å². The van der Waals surface area contributed by atoms with Crippen LogP contribution in [0.3, 0.4) is 0 Å². The van der Waals surface area contributed by atoms with Gasteiger partial charge in [0.05, 0.1) is 0 Å². The molecule has 10 heavy (non-hydrogen) atoms. The number of anilines is 1. The predicted octanol–water partition coefficient (Wildman–Crippen LogP) is 1.15. The second kappa shape index (κ2) is 3.76. The lowest BCUT2D eigenvalue weighted by Gasteiger charge is -1.75. The van der Waals surface area contributed by atoms with E-state index in [1.54, 1.807) is 6.92 Å². The van der Waals surface area contributed by atoms with Gasteiger partial charge in [0.1, 0.15) is 0 Å². The van der Waals surface area contributed by atoms with Crippen molar-refractivity contribution >= 4 is 5.88 Å². The number of rotatable bonds is 0. The third-order valence-electron chi connectivity index (χ3n) is 0.777. The van der Waals surface area contributed by atoms with E-state index in [9.17, 15) is 4.79 Å². The lowest BCUT2D eigenvalue weighted by atomic mass is 10.6. The zero-order chi connectivity index (χ0) is 8.15. The van der Waals surface area contributed by atoms with Gasteiger partial charge in [-0.25, -0.2) is 4.79 Å². The average Bonchev–Trinajstić information content (AvgIpc) is 2.16. The molecule has 0 bridgehead atoms. The first-order chi connectivity index (χ1) is 4.70. The number of nitrogens with two attached hydrogens (primary N) is 1. The Bertz CT molecular complexity index is 213. The molecule has 1 rings (SSSR count). The molecule has 0 unspecified atom stereocenters. The summed E-state index contributed by atoms with van der Waals surface area (Å²) in [5.41, 5.74) is 5.08. The molecule has 1 aromatic rings. The highest BCUT2D eigenvalue weighted by atomic mass is 16.6. The maximum Gasteiger partial charge on any atom is 0.520 e. The van der Waals surface area contributed by atoms with Crippen molar-refractivity contribution in [2.24, 2.45) is 0 Å². The highest BCUT2D eigenvalue weighted by molar-refractivity contribution is 5.24. The smallest absolute Gasteiger partial charge is 0.394 e. The van der Waals surface area contributed by atoms with Crippen LogP contribution in [0.4, 0.5) is 5.88 Å².